The second-order valence-electron chi connectivity index (χ2n) is 11.8. The van der Waals surface area contributed by atoms with Crippen molar-refractivity contribution >= 4 is 39.9 Å². The molecule has 0 atom stereocenters. The summed E-state index contributed by atoms with van der Waals surface area (Å²) in [6, 6.07) is 13.4. The van der Waals surface area contributed by atoms with Crippen LogP contribution in [0, 0.1) is 0 Å². The third-order valence-electron chi connectivity index (χ3n) is 7.50. The van der Waals surface area contributed by atoms with E-state index in [1.165, 1.54) is 0 Å². The van der Waals surface area contributed by atoms with Crippen molar-refractivity contribution < 1.29 is 19.1 Å². The van der Waals surface area contributed by atoms with Crippen LogP contribution in [0.15, 0.2) is 71.0 Å². The highest BCUT2D eigenvalue weighted by atomic mass is 16.5. The Kier molecular flexibility index (Phi) is 10.5. The molecule has 0 saturated carbocycles. The molecule has 0 radical (unpaired) electrons. The number of aliphatic hydroxyl groups is 1. The number of carbonyl (C=O) groups excluding carboxylic acids is 1. The lowest BCUT2D eigenvalue weighted by Gasteiger charge is -2.26. The Labute approximate surface area is 274 Å². The summed E-state index contributed by atoms with van der Waals surface area (Å²) in [5.74, 6) is 1.41. The van der Waals surface area contributed by atoms with Crippen molar-refractivity contribution in [2.45, 2.75) is 26.7 Å². The summed E-state index contributed by atoms with van der Waals surface area (Å²) in [6.07, 6.45) is 6.05. The van der Waals surface area contributed by atoms with E-state index < -0.39 is 0 Å². The van der Waals surface area contributed by atoms with Gasteiger partial charge in [-0.25, -0.2) is 15.0 Å². The Bertz CT molecular complexity index is 1870. The highest BCUT2D eigenvalue weighted by Crippen LogP contribution is 2.38. The number of imidazole rings is 1. The minimum Gasteiger partial charge on any atom is -0.494 e. The number of fused-ring (bicyclic) bond motifs is 1. The van der Waals surface area contributed by atoms with Gasteiger partial charge < -0.3 is 39.7 Å². The van der Waals surface area contributed by atoms with Gasteiger partial charge in [0.05, 0.1) is 47.5 Å². The van der Waals surface area contributed by atoms with Gasteiger partial charge in [0.2, 0.25) is 11.9 Å². The second kappa shape index (κ2) is 14.9. The van der Waals surface area contributed by atoms with Crippen LogP contribution in [0.2, 0.25) is 0 Å². The van der Waals surface area contributed by atoms with Gasteiger partial charge in [-0.15, -0.1) is 0 Å². The number of anilines is 4. The number of H-pyrrole nitrogens is 1. The number of aliphatic hydroxyl groups excluding tert-OH is 1. The van der Waals surface area contributed by atoms with Crippen LogP contribution in [0.4, 0.5) is 23.0 Å². The number of likely N-dealkylation sites (N-methyl/N-ethyl adjacent to an activating group) is 2. The van der Waals surface area contributed by atoms with E-state index in [1.54, 1.807) is 25.6 Å². The summed E-state index contributed by atoms with van der Waals surface area (Å²) in [6.45, 7) is 5.39. The number of nitrogens with zero attached hydrogens (tertiary/aromatic N) is 5. The molecule has 12 nitrogen and oxygen atoms in total. The summed E-state index contributed by atoms with van der Waals surface area (Å²) >= 11 is 0. The molecule has 3 aromatic heterocycles. The van der Waals surface area contributed by atoms with E-state index in [-0.39, 0.29) is 12.5 Å². The minimum atomic E-state index is -0.224. The molecule has 0 fully saturated rings. The van der Waals surface area contributed by atoms with Crippen molar-refractivity contribution in [1.82, 2.24) is 24.8 Å². The van der Waals surface area contributed by atoms with Crippen LogP contribution in [0.3, 0.4) is 0 Å². The quantitative estimate of drug-likeness (QED) is 0.109. The SMILES string of the molecule is COc1cc(N(C)CCN(C)C)c(NC(=O)C=C(C)C)cc1Nc1nccc(-c2[nH]c(CCCO)nc2-c2ccc3ccoc3c2)n1. The van der Waals surface area contributed by atoms with Crippen LogP contribution in [-0.2, 0) is 11.2 Å². The molecule has 0 aliphatic carbocycles. The smallest absolute Gasteiger partial charge is 0.248 e. The molecule has 0 unspecified atom stereocenters. The molecule has 2 aromatic carbocycles. The lowest BCUT2D eigenvalue weighted by atomic mass is 10.1. The molecule has 3 heterocycles. The maximum atomic E-state index is 12.8. The van der Waals surface area contributed by atoms with Crippen LogP contribution >= 0.6 is 0 Å². The van der Waals surface area contributed by atoms with Crippen molar-refractivity contribution in [1.29, 1.82) is 0 Å². The number of carbonyl (C=O) groups is 1. The van der Waals surface area contributed by atoms with E-state index in [0.717, 1.165) is 46.7 Å². The van der Waals surface area contributed by atoms with Gasteiger partial charge in [-0.2, -0.15) is 0 Å². The van der Waals surface area contributed by atoms with Crippen LogP contribution < -0.4 is 20.3 Å². The molecule has 0 bridgehead atoms. The molecule has 5 aromatic rings. The van der Waals surface area contributed by atoms with Gasteiger partial charge in [0.1, 0.15) is 17.2 Å². The van der Waals surface area contributed by atoms with E-state index in [4.69, 9.17) is 19.1 Å². The molecule has 246 valence electrons. The predicted octanol–water partition coefficient (Wildman–Crippen LogP) is 5.86. The summed E-state index contributed by atoms with van der Waals surface area (Å²) in [5.41, 5.74) is 6.58. The Balaban J connectivity index is 1.52. The number of methoxy groups -OCH3 is 1. The molecule has 0 saturated heterocycles. The van der Waals surface area contributed by atoms with Gasteiger partial charge in [0.15, 0.2) is 0 Å². The maximum absolute atomic E-state index is 12.8. The van der Waals surface area contributed by atoms with E-state index >= 15 is 0 Å². The number of ether oxygens (including phenoxy) is 1. The zero-order valence-electron chi connectivity index (χ0n) is 27.7. The second-order valence-corrected chi connectivity index (χ2v) is 11.8. The molecular formula is C35H42N8O4. The van der Waals surface area contributed by atoms with E-state index in [2.05, 4.69) is 30.4 Å². The molecule has 0 aliphatic rings. The van der Waals surface area contributed by atoms with Gasteiger partial charge in [0, 0.05) is 62.5 Å². The lowest BCUT2D eigenvalue weighted by molar-refractivity contribution is -0.111. The van der Waals surface area contributed by atoms with Gasteiger partial charge in [-0.1, -0.05) is 17.7 Å². The zero-order valence-corrected chi connectivity index (χ0v) is 27.7. The number of allylic oxidation sites excluding steroid dienone is 1. The first-order chi connectivity index (χ1) is 22.6. The lowest BCUT2D eigenvalue weighted by Crippen LogP contribution is -2.29. The Morgan fingerprint density at radius 2 is 1.89 bits per heavy atom. The minimum absolute atomic E-state index is 0.0636. The number of furan rings is 1. The highest BCUT2D eigenvalue weighted by Gasteiger charge is 2.19. The Morgan fingerprint density at radius 3 is 2.64 bits per heavy atom. The number of hydrogen-bond donors (Lipinski definition) is 4. The fraction of sp³-hybridized carbons (Fsp3) is 0.314. The summed E-state index contributed by atoms with van der Waals surface area (Å²) in [5, 5.41) is 16.8. The van der Waals surface area contributed by atoms with Gasteiger partial charge >= 0.3 is 0 Å². The standard InChI is InChI=1S/C35H42N8O4/c1-22(2)18-32(45)37-26-20-27(30(46-6)21-28(26)43(5)15-14-42(3)4)39-35-36-13-11-25(38-35)34-33(40-31(41-34)8-7-16-44)24-10-9-23-12-17-47-29(23)19-24/h9-13,17-21,44H,7-8,14-16H2,1-6H3,(H,37,45)(H,40,41)(H,36,38,39). The highest BCUT2D eigenvalue weighted by molar-refractivity contribution is 6.03. The molecule has 4 N–H and O–H groups in total. The number of hydrogen-bond acceptors (Lipinski definition) is 10. The van der Waals surface area contributed by atoms with Crippen LogP contribution in [-0.4, -0.2) is 83.8 Å². The van der Waals surface area contributed by atoms with Crippen LogP contribution in [0.1, 0.15) is 26.1 Å². The van der Waals surface area contributed by atoms with Crippen molar-refractivity contribution in [2.75, 3.05) is 63.5 Å². The summed E-state index contributed by atoms with van der Waals surface area (Å²) in [4.78, 5) is 34.7. The van der Waals surface area contributed by atoms with Crippen LogP contribution in [0.5, 0.6) is 5.75 Å². The largest absolute Gasteiger partial charge is 0.494 e. The van der Waals surface area contributed by atoms with E-state index in [1.807, 2.05) is 77.5 Å². The maximum Gasteiger partial charge on any atom is 0.248 e. The summed E-state index contributed by atoms with van der Waals surface area (Å²) in [7, 11) is 7.62. The fourth-order valence-electron chi connectivity index (χ4n) is 5.12. The molecule has 12 heteroatoms. The zero-order chi connectivity index (χ0) is 33.5. The molecule has 5 rings (SSSR count). The average molecular weight is 639 g/mol. The molecule has 1 amide bonds. The van der Waals surface area contributed by atoms with Gasteiger partial charge in [-0.3, -0.25) is 4.79 Å². The topological polar surface area (TPSA) is 145 Å². The first-order valence-electron chi connectivity index (χ1n) is 15.5. The fourth-order valence-corrected chi connectivity index (χ4v) is 5.12. The first kappa shape index (κ1) is 33.2. The number of rotatable bonds is 14. The van der Waals surface area contributed by atoms with E-state index in [0.29, 0.717) is 53.0 Å². The Morgan fingerprint density at radius 1 is 1.06 bits per heavy atom. The number of aryl methyl sites for hydroxylation is 1. The number of aromatic amines is 1. The Hall–Kier alpha value is -5.20. The number of benzene rings is 2. The molecule has 47 heavy (non-hydrogen) atoms. The number of nitrogens with one attached hydrogen (secondary N) is 3. The third kappa shape index (κ3) is 8.15. The van der Waals surface area contributed by atoms with Gasteiger partial charge in [-0.05, 0) is 58.6 Å². The molecule has 0 aliphatic heterocycles. The van der Waals surface area contributed by atoms with E-state index in [9.17, 15) is 9.90 Å². The number of amides is 1. The van der Waals surface area contributed by atoms with Crippen molar-refractivity contribution in [3.8, 4) is 28.4 Å². The predicted molar refractivity (Wildman–Crippen MR) is 186 cm³/mol. The normalized spacial score (nSPS) is 11.1. The molecular weight excluding hydrogens is 596 g/mol. The average Bonchev–Trinajstić information content (AvgIpc) is 3.69. The molecule has 0 spiro atoms. The number of aromatic nitrogens is 4. The summed E-state index contributed by atoms with van der Waals surface area (Å²) < 4.78 is 11.4. The first-order valence-corrected chi connectivity index (χ1v) is 15.5. The van der Waals surface area contributed by atoms with Crippen molar-refractivity contribution in [2.24, 2.45) is 0 Å². The van der Waals surface area contributed by atoms with Gasteiger partial charge in [0.25, 0.3) is 0 Å². The van der Waals surface area contributed by atoms with Crippen LogP contribution in [0.25, 0.3) is 33.6 Å². The monoisotopic (exact) mass is 638 g/mol. The third-order valence-corrected chi connectivity index (χ3v) is 7.50. The van der Waals surface area contributed by atoms with Crippen molar-refractivity contribution in [3.05, 3.63) is 72.4 Å². The van der Waals surface area contributed by atoms with Crippen molar-refractivity contribution in [3.63, 3.8) is 0 Å².